The Balaban J connectivity index is 2.56. The van der Waals surface area contributed by atoms with Crippen molar-refractivity contribution >= 4 is 23.4 Å². The lowest BCUT2D eigenvalue weighted by Gasteiger charge is -2.23. The summed E-state index contributed by atoms with van der Waals surface area (Å²) in [6.45, 7) is 5.25. The van der Waals surface area contributed by atoms with Crippen LogP contribution >= 0.6 is 23.4 Å². The van der Waals surface area contributed by atoms with Gasteiger partial charge in [0.2, 0.25) is 0 Å². The molecule has 0 aliphatic carbocycles. The lowest BCUT2D eigenvalue weighted by atomic mass is 10.1. The molecule has 15 heavy (non-hydrogen) atoms. The van der Waals surface area contributed by atoms with Gasteiger partial charge in [-0.25, -0.2) is 0 Å². The SMILES string of the molecule is COCCC(C)(C)Sc1ccc(Cl)cc1. The maximum atomic E-state index is 5.84. The molecule has 1 aromatic rings. The molecule has 0 saturated carbocycles. The third-order valence-electron chi connectivity index (χ3n) is 2.12. The molecule has 0 aromatic heterocycles. The summed E-state index contributed by atoms with van der Waals surface area (Å²) in [5.41, 5.74) is 0. The Morgan fingerprint density at radius 2 is 1.87 bits per heavy atom. The molecule has 0 atom stereocenters. The second-order valence-electron chi connectivity index (χ2n) is 4.06. The average Bonchev–Trinajstić information content (AvgIpc) is 2.18. The number of ether oxygens (including phenoxy) is 1. The first-order valence-electron chi connectivity index (χ1n) is 4.97. The number of halogens is 1. The molecule has 0 amide bonds. The van der Waals surface area contributed by atoms with Gasteiger partial charge in [-0.3, -0.25) is 0 Å². The molecule has 0 aliphatic rings. The molecule has 3 heteroatoms. The molecule has 0 saturated heterocycles. The quantitative estimate of drug-likeness (QED) is 0.717. The molecule has 0 aliphatic heterocycles. The van der Waals surface area contributed by atoms with Gasteiger partial charge in [-0.15, -0.1) is 11.8 Å². The first-order chi connectivity index (χ1) is 7.03. The molecule has 0 spiro atoms. The fourth-order valence-corrected chi connectivity index (χ4v) is 2.44. The highest BCUT2D eigenvalue weighted by Gasteiger charge is 2.18. The Morgan fingerprint density at radius 3 is 2.40 bits per heavy atom. The fourth-order valence-electron chi connectivity index (χ4n) is 1.22. The lowest BCUT2D eigenvalue weighted by Crippen LogP contribution is -2.16. The molecule has 1 rings (SSSR count). The van der Waals surface area contributed by atoms with Gasteiger partial charge in [0.1, 0.15) is 0 Å². The minimum atomic E-state index is 0.198. The Morgan fingerprint density at radius 1 is 1.27 bits per heavy atom. The fraction of sp³-hybridized carbons (Fsp3) is 0.500. The highest BCUT2D eigenvalue weighted by molar-refractivity contribution is 8.00. The van der Waals surface area contributed by atoms with Gasteiger partial charge >= 0.3 is 0 Å². The van der Waals surface area contributed by atoms with Crippen molar-refractivity contribution in [2.24, 2.45) is 0 Å². The molecule has 84 valence electrons. The molecular formula is C12H17ClOS. The van der Waals surface area contributed by atoms with Crippen LogP contribution in [0.5, 0.6) is 0 Å². The van der Waals surface area contributed by atoms with E-state index >= 15 is 0 Å². The van der Waals surface area contributed by atoms with Crippen LogP contribution in [0.25, 0.3) is 0 Å². The van der Waals surface area contributed by atoms with Gasteiger partial charge in [-0.05, 0) is 30.7 Å². The number of hydrogen-bond donors (Lipinski definition) is 0. The zero-order chi connectivity index (χ0) is 11.3. The third kappa shape index (κ3) is 4.92. The van der Waals surface area contributed by atoms with Crippen LogP contribution in [0.1, 0.15) is 20.3 Å². The highest BCUT2D eigenvalue weighted by Crippen LogP contribution is 2.35. The number of methoxy groups -OCH3 is 1. The van der Waals surface area contributed by atoms with E-state index in [1.807, 2.05) is 23.9 Å². The number of rotatable bonds is 5. The molecule has 0 unspecified atom stereocenters. The Labute approximate surface area is 101 Å². The summed E-state index contributed by atoms with van der Waals surface area (Å²) in [7, 11) is 1.74. The van der Waals surface area contributed by atoms with E-state index in [1.54, 1.807) is 7.11 Å². The summed E-state index contributed by atoms with van der Waals surface area (Å²) < 4.78 is 5.30. The molecule has 0 fully saturated rings. The predicted molar refractivity (Wildman–Crippen MR) is 67.9 cm³/mol. The molecule has 0 radical (unpaired) electrons. The Bertz CT molecular complexity index is 295. The van der Waals surface area contributed by atoms with Crippen molar-refractivity contribution in [3.63, 3.8) is 0 Å². The van der Waals surface area contributed by atoms with Crippen LogP contribution in [0.15, 0.2) is 29.2 Å². The van der Waals surface area contributed by atoms with Crippen LogP contribution < -0.4 is 0 Å². The smallest absolute Gasteiger partial charge is 0.0475 e. The van der Waals surface area contributed by atoms with Crippen LogP contribution in [0.4, 0.5) is 0 Å². The van der Waals surface area contributed by atoms with Gasteiger partial charge in [0.05, 0.1) is 0 Å². The van der Waals surface area contributed by atoms with Crippen LogP contribution in [0, 0.1) is 0 Å². The maximum Gasteiger partial charge on any atom is 0.0475 e. The number of benzene rings is 1. The first-order valence-corrected chi connectivity index (χ1v) is 6.16. The van der Waals surface area contributed by atoms with Crippen molar-refractivity contribution in [1.29, 1.82) is 0 Å². The largest absolute Gasteiger partial charge is 0.385 e. The van der Waals surface area contributed by atoms with Crippen molar-refractivity contribution in [3.05, 3.63) is 29.3 Å². The second kappa shape index (κ2) is 5.78. The van der Waals surface area contributed by atoms with E-state index in [-0.39, 0.29) is 4.75 Å². The highest BCUT2D eigenvalue weighted by atomic mass is 35.5. The van der Waals surface area contributed by atoms with E-state index in [0.717, 1.165) is 18.1 Å². The average molecular weight is 245 g/mol. The van der Waals surface area contributed by atoms with E-state index in [9.17, 15) is 0 Å². The van der Waals surface area contributed by atoms with Crippen LogP contribution in [-0.4, -0.2) is 18.5 Å². The molecule has 1 aromatic carbocycles. The molecule has 1 nitrogen and oxygen atoms in total. The van der Waals surface area contributed by atoms with Gasteiger partial charge in [0.15, 0.2) is 0 Å². The van der Waals surface area contributed by atoms with E-state index < -0.39 is 0 Å². The summed E-state index contributed by atoms with van der Waals surface area (Å²) in [5.74, 6) is 0. The van der Waals surface area contributed by atoms with Gasteiger partial charge in [-0.1, -0.05) is 25.4 Å². The van der Waals surface area contributed by atoms with Crippen molar-refractivity contribution < 1.29 is 4.74 Å². The Hall–Kier alpha value is -0.180. The van der Waals surface area contributed by atoms with Crippen LogP contribution in [0.2, 0.25) is 5.02 Å². The molecule has 0 N–H and O–H groups in total. The third-order valence-corrected chi connectivity index (χ3v) is 3.63. The van der Waals surface area contributed by atoms with Gasteiger partial charge in [-0.2, -0.15) is 0 Å². The van der Waals surface area contributed by atoms with Crippen molar-refractivity contribution in [3.8, 4) is 0 Å². The minimum Gasteiger partial charge on any atom is -0.385 e. The van der Waals surface area contributed by atoms with E-state index in [4.69, 9.17) is 16.3 Å². The maximum absolute atomic E-state index is 5.84. The monoisotopic (exact) mass is 244 g/mol. The first kappa shape index (κ1) is 12.9. The lowest BCUT2D eigenvalue weighted by molar-refractivity contribution is 0.187. The van der Waals surface area contributed by atoms with Gasteiger partial charge in [0.25, 0.3) is 0 Å². The standard InChI is InChI=1S/C12H17ClOS/c1-12(2,8-9-14-3)15-11-6-4-10(13)5-7-11/h4-7H,8-9H2,1-3H3. The normalized spacial score (nSPS) is 11.7. The van der Waals surface area contributed by atoms with Crippen molar-refractivity contribution in [2.75, 3.05) is 13.7 Å². The molecular weight excluding hydrogens is 228 g/mol. The molecule has 0 bridgehead atoms. The summed E-state index contributed by atoms with van der Waals surface area (Å²) in [6, 6.07) is 7.97. The number of hydrogen-bond acceptors (Lipinski definition) is 2. The summed E-state index contributed by atoms with van der Waals surface area (Å²) in [5, 5.41) is 0.786. The summed E-state index contributed by atoms with van der Waals surface area (Å²) in [4.78, 5) is 1.25. The van der Waals surface area contributed by atoms with Crippen molar-refractivity contribution in [1.82, 2.24) is 0 Å². The molecule has 0 heterocycles. The van der Waals surface area contributed by atoms with Gasteiger partial charge in [0, 0.05) is 28.4 Å². The predicted octanol–water partition coefficient (Wildman–Crippen LogP) is 4.25. The minimum absolute atomic E-state index is 0.198. The second-order valence-corrected chi connectivity index (χ2v) is 6.28. The van der Waals surface area contributed by atoms with Gasteiger partial charge < -0.3 is 4.74 Å². The topological polar surface area (TPSA) is 9.23 Å². The van der Waals surface area contributed by atoms with Crippen LogP contribution in [-0.2, 0) is 4.74 Å². The number of thioether (sulfide) groups is 1. The van der Waals surface area contributed by atoms with E-state index in [1.165, 1.54) is 4.90 Å². The summed E-state index contributed by atoms with van der Waals surface area (Å²) in [6.07, 6.45) is 1.04. The zero-order valence-corrected chi connectivity index (χ0v) is 11.0. The van der Waals surface area contributed by atoms with E-state index in [0.29, 0.717) is 0 Å². The van der Waals surface area contributed by atoms with Crippen LogP contribution in [0.3, 0.4) is 0 Å². The van der Waals surface area contributed by atoms with Crippen molar-refractivity contribution in [2.45, 2.75) is 29.9 Å². The zero-order valence-electron chi connectivity index (χ0n) is 9.42. The van der Waals surface area contributed by atoms with E-state index in [2.05, 4.69) is 26.0 Å². The Kier molecular flexibility index (Phi) is 4.97. The summed E-state index contributed by atoms with van der Waals surface area (Å²) >= 11 is 7.69.